The minimum atomic E-state index is -2.00. The van der Waals surface area contributed by atoms with Crippen LogP contribution in [-0.4, -0.2) is 54.7 Å². The monoisotopic (exact) mass is 496 g/mol. The number of carbonyl (C=O) groups is 1. The summed E-state index contributed by atoms with van der Waals surface area (Å²) in [5, 5.41) is 9.55. The first-order valence-corrected chi connectivity index (χ1v) is 12.5. The molecule has 2 atom stereocenters. The van der Waals surface area contributed by atoms with Gasteiger partial charge in [-0.1, -0.05) is 20.8 Å². The van der Waals surface area contributed by atoms with Gasteiger partial charge in [0, 0.05) is 12.7 Å². The molecule has 9 heteroatoms. The van der Waals surface area contributed by atoms with E-state index in [4.69, 9.17) is 9.16 Å². The number of ether oxygens (including phenoxy) is 1. The van der Waals surface area contributed by atoms with Gasteiger partial charge in [0.25, 0.3) is 5.95 Å². The van der Waals surface area contributed by atoms with Crippen molar-refractivity contribution in [3.05, 3.63) is 21.8 Å². The average molecular weight is 496 g/mol. The molecule has 1 aliphatic heterocycles. The molecule has 1 saturated heterocycles. The fourth-order valence-electron chi connectivity index (χ4n) is 2.65. The molecule has 26 heavy (non-hydrogen) atoms. The summed E-state index contributed by atoms with van der Waals surface area (Å²) in [7, 11) is -2.00. The fraction of sp³-hybridized carbons (Fsp3) is 0.647. The lowest BCUT2D eigenvalue weighted by atomic mass is 10.2. The van der Waals surface area contributed by atoms with E-state index in [1.165, 1.54) is 11.1 Å². The number of halogens is 2. The van der Waals surface area contributed by atoms with Crippen molar-refractivity contribution in [2.75, 3.05) is 13.2 Å². The second-order valence-electron chi connectivity index (χ2n) is 8.05. The Morgan fingerprint density at radius 3 is 2.69 bits per heavy atom. The highest BCUT2D eigenvalue weighted by atomic mass is 127. The Morgan fingerprint density at radius 1 is 1.50 bits per heavy atom. The van der Waals surface area contributed by atoms with Crippen molar-refractivity contribution in [1.82, 2.24) is 9.88 Å². The molecule has 0 bridgehead atoms. The van der Waals surface area contributed by atoms with E-state index in [2.05, 4.69) is 38.8 Å². The Labute approximate surface area is 168 Å². The van der Waals surface area contributed by atoms with Crippen molar-refractivity contribution in [2.24, 2.45) is 0 Å². The second-order valence-corrected chi connectivity index (χ2v) is 14.0. The van der Waals surface area contributed by atoms with Gasteiger partial charge < -0.3 is 14.3 Å². The first kappa shape index (κ1) is 21.4. The summed E-state index contributed by atoms with van der Waals surface area (Å²) in [4.78, 5) is 16.5. The summed E-state index contributed by atoms with van der Waals surface area (Å²) in [6.07, 6.45) is 0.725. The van der Waals surface area contributed by atoms with Crippen molar-refractivity contribution >= 4 is 37.0 Å². The summed E-state index contributed by atoms with van der Waals surface area (Å²) >= 11 is 1.97. The Kier molecular flexibility index (Phi) is 6.55. The molecular formula is C17H26FIN2O4Si. The van der Waals surface area contributed by atoms with Crippen LogP contribution in [0.1, 0.15) is 27.2 Å². The Hall–Kier alpha value is -0.943. The predicted molar refractivity (Wildman–Crippen MR) is 108 cm³/mol. The van der Waals surface area contributed by atoms with Crippen LogP contribution in [0.2, 0.25) is 18.1 Å². The quantitative estimate of drug-likeness (QED) is 0.373. The number of amides is 1. The maximum Gasteiger partial charge on any atom is 0.407 e. The lowest BCUT2D eigenvalue weighted by Crippen LogP contribution is -2.44. The number of carboxylic acid groups (broad SMARTS) is 1. The number of hydrogen-bond donors (Lipinski definition) is 1. The van der Waals surface area contributed by atoms with Crippen LogP contribution in [0.5, 0.6) is 5.75 Å². The van der Waals surface area contributed by atoms with Gasteiger partial charge in [-0.15, -0.1) is 0 Å². The van der Waals surface area contributed by atoms with Crippen molar-refractivity contribution < 1.29 is 23.5 Å². The number of rotatable bonds is 5. The van der Waals surface area contributed by atoms with Crippen LogP contribution in [0.4, 0.5) is 9.18 Å². The van der Waals surface area contributed by atoms with Crippen molar-refractivity contribution in [1.29, 1.82) is 0 Å². The highest BCUT2D eigenvalue weighted by Crippen LogP contribution is 2.39. The van der Waals surface area contributed by atoms with Crippen LogP contribution in [0.3, 0.4) is 0 Å². The van der Waals surface area contributed by atoms with Gasteiger partial charge >= 0.3 is 6.09 Å². The molecule has 0 unspecified atom stereocenters. The van der Waals surface area contributed by atoms with E-state index in [0.717, 1.165) is 0 Å². The number of nitrogens with zero attached hydrogens (tertiary/aromatic N) is 2. The molecule has 1 aromatic rings. The van der Waals surface area contributed by atoms with E-state index in [1.54, 1.807) is 6.07 Å². The highest BCUT2D eigenvalue weighted by Gasteiger charge is 2.43. The molecule has 6 nitrogen and oxygen atoms in total. The Bertz CT molecular complexity index is 648. The summed E-state index contributed by atoms with van der Waals surface area (Å²) in [5.41, 5.74) is 0. The SMILES string of the molecule is CC(C)(C)[Si](C)(C)O[C@H]1C[C@@H](COc2c(I)ccnc2F)N(C(=O)O)C1. The van der Waals surface area contributed by atoms with Crippen molar-refractivity contribution in [3.8, 4) is 5.75 Å². The summed E-state index contributed by atoms with van der Waals surface area (Å²) < 4.78 is 26.4. The highest BCUT2D eigenvalue weighted by molar-refractivity contribution is 14.1. The van der Waals surface area contributed by atoms with Gasteiger partial charge in [0.05, 0.1) is 15.7 Å². The first-order chi connectivity index (χ1) is 11.9. The number of aromatic nitrogens is 1. The maximum absolute atomic E-state index is 13.8. The van der Waals surface area contributed by atoms with Crippen molar-refractivity contribution in [3.63, 3.8) is 0 Å². The van der Waals surface area contributed by atoms with Crippen molar-refractivity contribution in [2.45, 2.75) is 57.5 Å². The minimum Gasteiger partial charge on any atom is -0.486 e. The van der Waals surface area contributed by atoms with Gasteiger partial charge in [-0.25, -0.2) is 9.78 Å². The predicted octanol–water partition coefficient (Wildman–Crippen LogP) is 4.35. The minimum absolute atomic E-state index is 0.0462. The molecule has 2 heterocycles. The third-order valence-corrected chi connectivity index (χ3v) is 10.5. The molecular weight excluding hydrogens is 470 g/mol. The summed E-state index contributed by atoms with van der Waals surface area (Å²) in [6.45, 7) is 11.1. The third kappa shape index (κ3) is 4.86. The molecule has 0 spiro atoms. The molecule has 1 amide bonds. The normalized spacial score (nSPS) is 21.1. The van der Waals surface area contributed by atoms with Gasteiger partial charge in [-0.05, 0) is 53.2 Å². The molecule has 1 N–H and O–H groups in total. The molecule has 0 radical (unpaired) electrons. The maximum atomic E-state index is 13.8. The zero-order chi connectivity index (χ0) is 19.7. The van der Waals surface area contributed by atoms with E-state index >= 15 is 0 Å². The Morgan fingerprint density at radius 2 is 2.15 bits per heavy atom. The largest absolute Gasteiger partial charge is 0.486 e. The average Bonchev–Trinajstić information content (AvgIpc) is 2.88. The topological polar surface area (TPSA) is 71.9 Å². The zero-order valence-corrected chi connectivity index (χ0v) is 18.9. The fourth-order valence-corrected chi connectivity index (χ4v) is 4.55. The van der Waals surface area contributed by atoms with Crippen LogP contribution in [0, 0.1) is 9.52 Å². The molecule has 0 aliphatic carbocycles. The molecule has 0 aromatic carbocycles. The standard InChI is InChI=1S/C17H26FIN2O4Si/c1-17(2,3)26(4,5)25-12-8-11(21(9-12)16(22)23)10-24-14-13(19)6-7-20-15(14)18/h6-7,11-12H,8-10H2,1-5H3,(H,22,23)/t11-,12-/m0/s1. The lowest BCUT2D eigenvalue weighted by molar-refractivity contribution is 0.119. The van der Waals surface area contributed by atoms with Crippen LogP contribution in [0.25, 0.3) is 0 Å². The van der Waals surface area contributed by atoms with Gasteiger partial charge in [-0.2, -0.15) is 4.39 Å². The zero-order valence-electron chi connectivity index (χ0n) is 15.8. The van der Waals surface area contributed by atoms with E-state index in [1.807, 2.05) is 22.6 Å². The molecule has 0 saturated carbocycles. The molecule has 1 fully saturated rings. The number of likely N-dealkylation sites (tertiary alicyclic amines) is 1. The van der Waals surface area contributed by atoms with E-state index in [-0.39, 0.29) is 29.5 Å². The first-order valence-electron chi connectivity index (χ1n) is 8.52. The Balaban J connectivity index is 2.07. The van der Waals surface area contributed by atoms with Crippen LogP contribution in [0.15, 0.2) is 12.3 Å². The smallest absolute Gasteiger partial charge is 0.407 e. The van der Waals surface area contributed by atoms with Crippen LogP contribution >= 0.6 is 22.6 Å². The van der Waals surface area contributed by atoms with Gasteiger partial charge in [0.15, 0.2) is 14.1 Å². The number of hydrogen-bond acceptors (Lipinski definition) is 4. The number of pyridine rings is 1. The van der Waals surface area contributed by atoms with E-state index < -0.39 is 20.4 Å². The summed E-state index contributed by atoms with van der Waals surface area (Å²) in [5.74, 6) is -0.627. The third-order valence-electron chi connectivity index (χ3n) is 5.12. The van der Waals surface area contributed by atoms with E-state index in [9.17, 15) is 14.3 Å². The lowest BCUT2D eigenvalue weighted by Gasteiger charge is -2.38. The second kappa shape index (κ2) is 7.97. The molecule has 2 rings (SSSR count). The van der Waals surface area contributed by atoms with Gasteiger partial charge in [0.2, 0.25) is 0 Å². The summed E-state index contributed by atoms with van der Waals surface area (Å²) in [6, 6.07) is 1.27. The van der Waals surface area contributed by atoms with E-state index in [0.29, 0.717) is 16.5 Å². The molecule has 1 aromatic heterocycles. The van der Waals surface area contributed by atoms with Gasteiger partial charge in [0.1, 0.15) is 6.61 Å². The molecule has 1 aliphatic rings. The van der Waals surface area contributed by atoms with Crippen LogP contribution < -0.4 is 4.74 Å². The van der Waals surface area contributed by atoms with Gasteiger partial charge in [-0.3, -0.25) is 4.90 Å². The molecule has 146 valence electrons. The van der Waals surface area contributed by atoms with Crippen LogP contribution in [-0.2, 0) is 4.43 Å².